The van der Waals surface area contributed by atoms with Crippen molar-refractivity contribution in [3.05, 3.63) is 70.0 Å². The second-order valence-electron chi connectivity index (χ2n) is 10.8. The summed E-state index contributed by atoms with van der Waals surface area (Å²) in [4.78, 5) is 0. The van der Waals surface area contributed by atoms with E-state index in [1.807, 2.05) is 18.2 Å². The first-order valence-corrected chi connectivity index (χ1v) is 10.8. The summed E-state index contributed by atoms with van der Waals surface area (Å²) >= 11 is 0. The van der Waals surface area contributed by atoms with E-state index in [1.54, 1.807) is 6.26 Å². The van der Waals surface area contributed by atoms with Gasteiger partial charge in [0.1, 0.15) is 17.6 Å². The van der Waals surface area contributed by atoms with E-state index in [0.717, 1.165) is 39.8 Å². The Balaban J connectivity index is 2.31. The molecule has 0 aliphatic carbocycles. The highest BCUT2D eigenvalue weighted by atomic mass is 16.5. The van der Waals surface area contributed by atoms with Crippen molar-refractivity contribution < 1.29 is 14.9 Å². The Morgan fingerprint density at radius 2 is 1.23 bits per heavy atom. The van der Waals surface area contributed by atoms with E-state index in [0.29, 0.717) is 11.5 Å². The van der Waals surface area contributed by atoms with Gasteiger partial charge in [-0.05, 0) is 41.9 Å². The first kappa shape index (κ1) is 22.3. The normalized spacial score (nSPS) is 16.9. The molecule has 0 saturated heterocycles. The highest BCUT2D eigenvalue weighted by Gasteiger charge is 2.35. The standard InChI is InChI=1S/C27H36O3/c1-16-12-18(24(28)20(14-16)26(3,4)5)23(22-10-9-11-30-22)19-13-17(2)15-21(25(19)29)27(6,7)8/h9,11-15,22-23,28-29H,10H2,1-8H3. The molecule has 1 aliphatic heterocycles. The van der Waals surface area contributed by atoms with Crippen molar-refractivity contribution in [3.8, 4) is 11.5 Å². The minimum Gasteiger partial charge on any atom is -0.507 e. The van der Waals surface area contributed by atoms with E-state index in [-0.39, 0.29) is 22.9 Å². The van der Waals surface area contributed by atoms with Crippen LogP contribution in [-0.2, 0) is 15.6 Å². The van der Waals surface area contributed by atoms with Crippen LogP contribution in [-0.4, -0.2) is 16.3 Å². The third-order valence-corrected chi connectivity index (χ3v) is 5.94. The topological polar surface area (TPSA) is 49.7 Å². The van der Waals surface area contributed by atoms with Crippen molar-refractivity contribution in [2.24, 2.45) is 0 Å². The van der Waals surface area contributed by atoms with Gasteiger partial charge in [0.2, 0.25) is 0 Å². The van der Waals surface area contributed by atoms with E-state index in [9.17, 15) is 10.2 Å². The number of phenolic OH excluding ortho intramolecular Hbond substituents is 2. The highest BCUT2D eigenvalue weighted by Crippen LogP contribution is 2.47. The molecule has 1 unspecified atom stereocenters. The molecule has 2 N–H and O–H groups in total. The number of aryl methyl sites for hydroxylation is 2. The molecule has 0 spiro atoms. The Hall–Kier alpha value is -2.42. The van der Waals surface area contributed by atoms with Crippen LogP contribution in [0.4, 0.5) is 0 Å². The van der Waals surface area contributed by atoms with Crippen LogP contribution >= 0.6 is 0 Å². The molecule has 1 atom stereocenters. The van der Waals surface area contributed by atoms with Crippen molar-refractivity contribution in [3.63, 3.8) is 0 Å². The lowest BCUT2D eigenvalue weighted by Gasteiger charge is -2.31. The predicted octanol–water partition coefficient (Wildman–Crippen LogP) is 6.74. The summed E-state index contributed by atoms with van der Waals surface area (Å²) in [6, 6.07) is 8.19. The van der Waals surface area contributed by atoms with Gasteiger partial charge in [0, 0.05) is 17.5 Å². The minimum atomic E-state index is -0.276. The van der Waals surface area contributed by atoms with Crippen LogP contribution in [0.3, 0.4) is 0 Å². The van der Waals surface area contributed by atoms with Crippen LogP contribution in [0.25, 0.3) is 0 Å². The molecule has 3 nitrogen and oxygen atoms in total. The van der Waals surface area contributed by atoms with Gasteiger partial charge in [0.05, 0.1) is 12.2 Å². The number of hydrogen-bond acceptors (Lipinski definition) is 3. The first-order valence-electron chi connectivity index (χ1n) is 10.8. The van der Waals surface area contributed by atoms with Gasteiger partial charge in [0.15, 0.2) is 0 Å². The minimum absolute atomic E-state index is 0.175. The van der Waals surface area contributed by atoms with Gasteiger partial charge in [-0.1, -0.05) is 76.9 Å². The fraction of sp³-hybridized carbons (Fsp3) is 0.481. The van der Waals surface area contributed by atoms with E-state index in [4.69, 9.17) is 4.74 Å². The Labute approximate surface area is 181 Å². The fourth-order valence-corrected chi connectivity index (χ4v) is 4.42. The molecule has 1 aliphatic rings. The maximum absolute atomic E-state index is 11.4. The molecule has 2 aromatic rings. The van der Waals surface area contributed by atoms with Gasteiger partial charge in [-0.15, -0.1) is 0 Å². The Morgan fingerprint density at radius 1 is 0.800 bits per heavy atom. The fourth-order valence-electron chi connectivity index (χ4n) is 4.42. The number of phenols is 2. The second-order valence-corrected chi connectivity index (χ2v) is 10.8. The highest BCUT2D eigenvalue weighted by molar-refractivity contribution is 5.56. The average Bonchev–Trinajstić information content (AvgIpc) is 3.12. The number of rotatable bonds is 3. The van der Waals surface area contributed by atoms with Gasteiger partial charge >= 0.3 is 0 Å². The Bertz CT molecular complexity index is 894. The van der Waals surface area contributed by atoms with Gasteiger partial charge in [-0.25, -0.2) is 0 Å². The van der Waals surface area contributed by atoms with Gasteiger partial charge < -0.3 is 14.9 Å². The summed E-state index contributed by atoms with van der Waals surface area (Å²) in [5.74, 6) is 0.320. The summed E-state index contributed by atoms with van der Waals surface area (Å²) in [6.45, 7) is 16.8. The van der Waals surface area contributed by atoms with Crippen molar-refractivity contribution in [1.29, 1.82) is 0 Å². The molecule has 0 saturated carbocycles. The predicted molar refractivity (Wildman–Crippen MR) is 124 cm³/mol. The van der Waals surface area contributed by atoms with Crippen LogP contribution in [0.1, 0.15) is 87.3 Å². The third-order valence-electron chi connectivity index (χ3n) is 5.94. The lowest BCUT2D eigenvalue weighted by molar-refractivity contribution is 0.151. The molecule has 3 rings (SSSR count). The Morgan fingerprint density at radius 3 is 1.57 bits per heavy atom. The zero-order chi connectivity index (χ0) is 22.4. The Kier molecular flexibility index (Phi) is 5.70. The molecule has 0 aromatic heterocycles. The first-order chi connectivity index (χ1) is 13.8. The van der Waals surface area contributed by atoms with Crippen LogP contribution < -0.4 is 0 Å². The van der Waals surface area contributed by atoms with E-state index in [1.165, 1.54) is 0 Å². The summed E-state index contributed by atoms with van der Waals surface area (Å²) in [5.41, 5.74) is 5.24. The molecule has 3 heteroatoms. The third kappa shape index (κ3) is 4.21. The number of ether oxygens (including phenoxy) is 1. The number of aromatic hydroxyl groups is 2. The molecule has 30 heavy (non-hydrogen) atoms. The van der Waals surface area contributed by atoms with Gasteiger partial charge in [-0.3, -0.25) is 0 Å². The second kappa shape index (κ2) is 7.68. The number of benzene rings is 2. The summed E-state index contributed by atoms with van der Waals surface area (Å²) in [7, 11) is 0. The molecule has 0 amide bonds. The monoisotopic (exact) mass is 408 g/mol. The van der Waals surface area contributed by atoms with Crippen LogP contribution in [0.2, 0.25) is 0 Å². The van der Waals surface area contributed by atoms with E-state index in [2.05, 4.69) is 67.5 Å². The molecule has 162 valence electrons. The summed E-state index contributed by atoms with van der Waals surface area (Å²) < 4.78 is 5.96. The zero-order valence-corrected chi connectivity index (χ0v) is 19.6. The SMILES string of the molecule is Cc1cc(C(c2cc(C)cc(C(C)(C)C)c2O)C2CC=CO2)c(O)c(C(C)(C)C)c1. The molecule has 0 bridgehead atoms. The molecule has 2 aromatic carbocycles. The van der Waals surface area contributed by atoms with Crippen LogP contribution in [0.5, 0.6) is 11.5 Å². The van der Waals surface area contributed by atoms with Crippen LogP contribution in [0, 0.1) is 13.8 Å². The number of hydrogen-bond donors (Lipinski definition) is 2. The van der Waals surface area contributed by atoms with Crippen LogP contribution in [0.15, 0.2) is 36.6 Å². The molecule has 0 radical (unpaired) electrons. The summed E-state index contributed by atoms with van der Waals surface area (Å²) in [6.07, 6.45) is 4.30. The van der Waals surface area contributed by atoms with Crippen molar-refractivity contribution >= 4 is 0 Å². The van der Waals surface area contributed by atoms with Crippen molar-refractivity contribution in [2.45, 2.75) is 84.7 Å². The molecular weight excluding hydrogens is 372 g/mol. The lowest BCUT2D eigenvalue weighted by Crippen LogP contribution is -2.22. The maximum atomic E-state index is 11.4. The zero-order valence-electron chi connectivity index (χ0n) is 19.6. The summed E-state index contributed by atoms with van der Waals surface area (Å²) in [5, 5.41) is 22.7. The molecule has 1 heterocycles. The maximum Gasteiger partial charge on any atom is 0.123 e. The lowest BCUT2D eigenvalue weighted by atomic mass is 9.76. The van der Waals surface area contributed by atoms with Gasteiger partial charge in [0.25, 0.3) is 0 Å². The molecule has 0 fully saturated rings. The largest absolute Gasteiger partial charge is 0.507 e. The average molecular weight is 409 g/mol. The molecular formula is C27H36O3. The quantitative estimate of drug-likeness (QED) is 0.591. The van der Waals surface area contributed by atoms with Crippen molar-refractivity contribution in [1.82, 2.24) is 0 Å². The van der Waals surface area contributed by atoms with Crippen molar-refractivity contribution in [2.75, 3.05) is 0 Å². The van der Waals surface area contributed by atoms with E-state index < -0.39 is 0 Å². The van der Waals surface area contributed by atoms with Gasteiger partial charge in [-0.2, -0.15) is 0 Å². The van der Waals surface area contributed by atoms with E-state index >= 15 is 0 Å². The smallest absolute Gasteiger partial charge is 0.123 e.